The molecule has 0 saturated heterocycles. The van der Waals surface area contributed by atoms with Gasteiger partial charge in [0.2, 0.25) is 5.91 Å². The number of aliphatic carboxylic acids is 1. The number of rotatable bonds is 9. The lowest BCUT2D eigenvalue weighted by Crippen LogP contribution is -2.46. The summed E-state index contributed by atoms with van der Waals surface area (Å²) in [5, 5.41) is 14.4. The molecule has 0 radical (unpaired) electrons. The van der Waals surface area contributed by atoms with Gasteiger partial charge in [-0.3, -0.25) is 9.59 Å². The second-order valence-corrected chi connectivity index (χ2v) is 5.30. The minimum absolute atomic E-state index is 0.135. The van der Waals surface area contributed by atoms with E-state index in [0.29, 0.717) is 5.02 Å². The van der Waals surface area contributed by atoms with E-state index >= 15 is 0 Å². The molecule has 0 atom stereocenters. The van der Waals surface area contributed by atoms with Crippen LogP contribution in [0.5, 0.6) is 0 Å². The molecule has 1 aromatic carbocycles. The first-order valence-corrected chi connectivity index (χ1v) is 7.55. The summed E-state index contributed by atoms with van der Waals surface area (Å²) < 4.78 is 4.83. The van der Waals surface area contributed by atoms with Gasteiger partial charge in [0.15, 0.2) is 0 Å². The van der Waals surface area contributed by atoms with Crippen molar-refractivity contribution in [2.24, 2.45) is 0 Å². The Hall–Kier alpha value is -2.32. The van der Waals surface area contributed by atoms with Crippen molar-refractivity contribution in [3.05, 3.63) is 34.9 Å². The second kappa shape index (κ2) is 10.5. The van der Waals surface area contributed by atoms with E-state index < -0.39 is 24.5 Å². The van der Waals surface area contributed by atoms with Gasteiger partial charge in [0, 0.05) is 25.2 Å². The van der Waals surface area contributed by atoms with Crippen LogP contribution < -0.4 is 10.6 Å². The van der Waals surface area contributed by atoms with Crippen LogP contribution in [0, 0.1) is 0 Å². The highest BCUT2D eigenvalue weighted by atomic mass is 35.5. The van der Waals surface area contributed by atoms with Crippen LogP contribution in [0.1, 0.15) is 5.56 Å². The van der Waals surface area contributed by atoms with Crippen molar-refractivity contribution < 1.29 is 24.2 Å². The predicted octanol–water partition coefficient (Wildman–Crippen LogP) is 0.699. The topological polar surface area (TPSA) is 108 Å². The molecule has 0 aromatic heterocycles. The summed E-state index contributed by atoms with van der Waals surface area (Å²) in [6.45, 7) is -0.128. The molecule has 1 aromatic rings. The van der Waals surface area contributed by atoms with E-state index in [0.717, 1.165) is 10.5 Å². The summed E-state index contributed by atoms with van der Waals surface area (Å²) in [4.78, 5) is 35.5. The summed E-state index contributed by atoms with van der Waals surface area (Å²) in [5.41, 5.74) is 0.855. The summed E-state index contributed by atoms with van der Waals surface area (Å²) in [7, 11) is 1.45. The Morgan fingerprint density at radius 3 is 2.46 bits per heavy atom. The van der Waals surface area contributed by atoms with Gasteiger partial charge in [0.1, 0.15) is 6.54 Å². The van der Waals surface area contributed by atoms with Gasteiger partial charge in [-0.15, -0.1) is 0 Å². The highest BCUT2D eigenvalue weighted by Gasteiger charge is 2.17. The number of benzene rings is 1. The smallest absolute Gasteiger partial charge is 0.323 e. The fraction of sp³-hybridized carbons (Fsp3) is 0.400. The van der Waals surface area contributed by atoms with Crippen LogP contribution >= 0.6 is 11.6 Å². The Morgan fingerprint density at radius 1 is 1.21 bits per heavy atom. The quantitative estimate of drug-likeness (QED) is 0.603. The first-order chi connectivity index (χ1) is 11.4. The Bertz CT molecular complexity index is 565. The third-order valence-corrected chi connectivity index (χ3v) is 3.26. The SMILES string of the molecule is COCCN(CC(=O)O)C(=O)CNC(=O)NCc1ccc(Cl)cc1. The minimum Gasteiger partial charge on any atom is -0.480 e. The van der Waals surface area contributed by atoms with E-state index in [1.807, 2.05) is 0 Å². The maximum Gasteiger partial charge on any atom is 0.323 e. The van der Waals surface area contributed by atoms with E-state index in [-0.39, 0.29) is 26.2 Å². The number of amides is 3. The number of nitrogens with zero attached hydrogens (tertiary/aromatic N) is 1. The molecule has 3 N–H and O–H groups in total. The second-order valence-electron chi connectivity index (χ2n) is 4.86. The molecule has 9 heteroatoms. The zero-order chi connectivity index (χ0) is 17.9. The monoisotopic (exact) mass is 357 g/mol. The standard InChI is InChI=1S/C15H20ClN3O5/c1-24-7-6-19(10-14(21)22)13(20)9-18-15(23)17-8-11-2-4-12(16)5-3-11/h2-5H,6-10H2,1H3,(H,21,22)(H2,17,18,23). The van der Waals surface area contributed by atoms with E-state index in [4.69, 9.17) is 21.4 Å². The van der Waals surface area contributed by atoms with Gasteiger partial charge in [-0.25, -0.2) is 4.79 Å². The van der Waals surface area contributed by atoms with Crippen LogP contribution in [0.25, 0.3) is 0 Å². The Morgan fingerprint density at radius 2 is 1.88 bits per heavy atom. The molecule has 0 spiro atoms. The number of carboxylic acid groups (broad SMARTS) is 1. The molecule has 8 nitrogen and oxygen atoms in total. The van der Waals surface area contributed by atoms with E-state index in [2.05, 4.69) is 10.6 Å². The van der Waals surface area contributed by atoms with Crippen molar-refractivity contribution in [3.63, 3.8) is 0 Å². The summed E-state index contributed by atoms with van der Waals surface area (Å²) in [5.74, 6) is -1.64. The number of halogens is 1. The van der Waals surface area contributed by atoms with Crippen LogP contribution in [0.3, 0.4) is 0 Å². The van der Waals surface area contributed by atoms with Gasteiger partial charge >= 0.3 is 12.0 Å². The lowest BCUT2D eigenvalue weighted by atomic mass is 10.2. The van der Waals surface area contributed by atoms with Crippen molar-refractivity contribution in [1.29, 1.82) is 0 Å². The minimum atomic E-state index is -1.13. The Labute approximate surface area is 144 Å². The highest BCUT2D eigenvalue weighted by molar-refractivity contribution is 6.30. The average molecular weight is 358 g/mol. The van der Waals surface area contributed by atoms with E-state index in [9.17, 15) is 14.4 Å². The number of hydrogen-bond acceptors (Lipinski definition) is 4. The van der Waals surface area contributed by atoms with Gasteiger partial charge < -0.3 is 25.4 Å². The Kier molecular flexibility index (Phi) is 8.59. The molecule has 1 rings (SSSR count). The van der Waals surface area contributed by atoms with Gasteiger partial charge in [-0.2, -0.15) is 0 Å². The van der Waals surface area contributed by atoms with Crippen LogP contribution in [-0.4, -0.2) is 61.3 Å². The zero-order valence-electron chi connectivity index (χ0n) is 13.3. The molecule has 0 unspecified atom stereocenters. The molecule has 24 heavy (non-hydrogen) atoms. The summed E-state index contributed by atoms with van der Waals surface area (Å²) in [6, 6.07) is 6.43. The van der Waals surface area contributed by atoms with Gasteiger partial charge in [-0.05, 0) is 17.7 Å². The molecule has 132 valence electrons. The maximum atomic E-state index is 12.0. The third kappa shape index (κ3) is 7.80. The fourth-order valence-electron chi connectivity index (χ4n) is 1.77. The van der Waals surface area contributed by atoms with Gasteiger partial charge in [-0.1, -0.05) is 23.7 Å². The number of hydrogen-bond donors (Lipinski definition) is 3. The maximum absolute atomic E-state index is 12.0. The van der Waals surface area contributed by atoms with E-state index in [1.54, 1.807) is 24.3 Å². The average Bonchev–Trinajstić information content (AvgIpc) is 2.55. The highest BCUT2D eigenvalue weighted by Crippen LogP contribution is 2.08. The first-order valence-electron chi connectivity index (χ1n) is 7.17. The number of carboxylic acids is 1. The molecule has 3 amide bonds. The number of carbonyl (C=O) groups is 3. The third-order valence-electron chi connectivity index (χ3n) is 3.01. The van der Waals surface area contributed by atoms with E-state index in [1.165, 1.54) is 7.11 Å². The molecule has 0 aliphatic heterocycles. The molecule has 0 heterocycles. The first kappa shape index (κ1) is 19.7. The van der Waals surface area contributed by atoms with Crippen LogP contribution in [0.4, 0.5) is 4.79 Å². The van der Waals surface area contributed by atoms with Crippen LogP contribution in [-0.2, 0) is 20.9 Å². The number of methoxy groups -OCH3 is 1. The molecular weight excluding hydrogens is 338 g/mol. The predicted molar refractivity (Wildman–Crippen MR) is 87.8 cm³/mol. The Balaban J connectivity index is 2.38. The lowest BCUT2D eigenvalue weighted by Gasteiger charge is -2.20. The van der Waals surface area contributed by atoms with Crippen molar-refractivity contribution in [2.45, 2.75) is 6.54 Å². The van der Waals surface area contributed by atoms with Gasteiger partial charge in [0.25, 0.3) is 0 Å². The zero-order valence-corrected chi connectivity index (χ0v) is 14.0. The molecule has 0 aliphatic carbocycles. The normalized spacial score (nSPS) is 10.1. The van der Waals surface area contributed by atoms with Gasteiger partial charge in [0.05, 0.1) is 13.2 Å². The summed E-state index contributed by atoms with van der Waals surface area (Å²) in [6.07, 6.45) is 0. The van der Waals surface area contributed by atoms with Crippen molar-refractivity contribution in [1.82, 2.24) is 15.5 Å². The van der Waals surface area contributed by atoms with Crippen molar-refractivity contribution in [2.75, 3.05) is 33.4 Å². The van der Waals surface area contributed by atoms with Crippen molar-refractivity contribution >= 4 is 29.5 Å². The van der Waals surface area contributed by atoms with Crippen LogP contribution in [0.2, 0.25) is 5.02 Å². The molecular formula is C15H20ClN3O5. The molecule has 0 fully saturated rings. The lowest BCUT2D eigenvalue weighted by molar-refractivity contribution is -0.144. The number of nitrogens with one attached hydrogen (secondary N) is 2. The number of urea groups is 1. The summed E-state index contributed by atoms with van der Waals surface area (Å²) >= 11 is 5.77. The molecule has 0 bridgehead atoms. The number of ether oxygens (including phenoxy) is 1. The largest absolute Gasteiger partial charge is 0.480 e. The van der Waals surface area contributed by atoms with Crippen molar-refractivity contribution in [3.8, 4) is 0 Å². The molecule has 0 saturated carbocycles. The molecule has 0 aliphatic rings. The fourth-order valence-corrected chi connectivity index (χ4v) is 1.90. The van der Waals surface area contributed by atoms with Crippen LogP contribution in [0.15, 0.2) is 24.3 Å². The number of carbonyl (C=O) groups excluding carboxylic acids is 2.